The molecule has 0 bridgehead atoms. The van der Waals surface area contributed by atoms with Crippen molar-refractivity contribution in [3.05, 3.63) is 12.2 Å². The van der Waals surface area contributed by atoms with Crippen LogP contribution >= 0.6 is 0 Å². The number of imide groups is 1. The fraction of sp³-hybridized carbons (Fsp3) is 0.533. The number of hydrogen-bond donors (Lipinski definition) is 2. The Morgan fingerprint density at radius 3 is 2.21 bits per heavy atom. The van der Waals surface area contributed by atoms with E-state index in [2.05, 4.69) is 5.32 Å². The molecular formula is C15H21N3O6. The molecule has 132 valence electrons. The van der Waals surface area contributed by atoms with Crippen LogP contribution in [0.4, 0.5) is 0 Å². The lowest BCUT2D eigenvalue weighted by Gasteiger charge is -2.21. The van der Waals surface area contributed by atoms with Gasteiger partial charge in [0.05, 0.1) is 0 Å². The first-order valence-corrected chi connectivity index (χ1v) is 7.33. The first kappa shape index (κ1) is 19.3. The van der Waals surface area contributed by atoms with Crippen LogP contribution in [-0.2, 0) is 28.7 Å². The third kappa shape index (κ3) is 6.19. The van der Waals surface area contributed by atoms with Crippen molar-refractivity contribution in [3.8, 4) is 0 Å². The maximum atomic E-state index is 11.9. The summed E-state index contributed by atoms with van der Waals surface area (Å²) in [6.45, 7) is 4.59. The number of nitrogens with zero attached hydrogens (tertiary/aromatic N) is 1. The van der Waals surface area contributed by atoms with Gasteiger partial charge in [-0.3, -0.25) is 28.9 Å². The summed E-state index contributed by atoms with van der Waals surface area (Å²) in [4.78, 5) is 58.4. The Bertz CT molecular complexity index is 573. The van der Waals surface area contributed by atoms with Crippen LogP contribution in [0.25, 0.3) is 0 Å². The minimum atomic E-state index is -1.11. The van der Waals surface area contributed by atoms with E-state index in [0.717, 1.165) is 17.1 Å². The van der Waals surface area contributed by atoms with Gasteiger partial charge >= 0.3 is 5.97 Å². The van der Waals surface area contributed by atoms with Crippen molar-refractivity contribution in [2.75, 3.05) is 6.54 Å². The number of rotatable bonds is 7. The Labute approximate surface area is 139 Å². The van der Waals surface area contributed by atoms with E-state index in [1.54, 1.807) is 20.8 Å². The Morgan fingerprint density at radius 2 is 1.75 bits per heavy atom. The summed E-state index contributed by atoms with van der Waals surface area (Å²) < 4.78 is 5.10. The number of carbonyl (C=O) groups excluding carboxylic acids is 5. The zero-order chi connectivity index (χ0) is 18.5. The lowest BCUT2D eigenvalue weighted by atomic mass is 10.1. The van der Waals surface area contributed by atoms with E-state index in [1.165, 1.54) is 0 Å². The monoisotopic (exact) mass is 339 g/mol. The lowest BCUT2D eigenvalue weighted by molar-refractivity contribution is -0.155. The van der Waals surface area contributed by atoms with E-state index >= 15 is 0 Å². The highest BCUT2D eigenvalue weighted by Crippen LogP contribution is 2.10. The van der Waals surface area contributed by atoms with Crippen molar-refractivity contribution >= 4 is 29.6 Å². The van der Waals surface area contributed by atoms with Gasteiger partial charge in [-0.2, -0.15) is 0 Å². The molecule has 0 saturated heterocycles. The number of hydrogen-bond acceptors (Lipinski definition) is 6. The molecule has 3 N–H and O–H groups in total. The molecule has 0 fully saturated rings. The fourth-order valence-electron chi connectivity index (χ4n) is 1.91. The third-order valence-electron chi connectivity index (χ3n) is 2.94. The zero-order valence-electron chi connectivity index (χ0n) is 13.8. The average Bonchev–Trinajstić information content (AvgIpc) is 2.73. The number of amides is 4. The van der Waals surface area contributed by atoms with Gasteiger partial charge < -0.3 is 15.8 Å². The zero-order valence-corrected chi connectivity index (χ0v) is 13.8. The van der Waals surface area contributed by atoms with Crippen molar-refractivity contribution in [3.63, 3.8) is 0 Å². The average molecular weight is 339 g/mol. The van der Waals surface area contributed by atoms with Gasteiger partial charge in [0.2, 0.25) is 11.8 Å². The highest BCUT2D eigenvalue weighted by Gasteiger charge is 2.28. The summed E-state index contributed by atoms with van der Waals surface area (Å²) in [7, 11) is 0. The smallest absolute Gasteiger partial charge is 0.306 e. The van der Waals surface area contributed by atoms with E-state index in [0.29, 0.717) is 0 Å². The molecule has 0 aromatic carbocycles. The standard InChI is InChI=1S/C15H21N3O6/c1-15(2,3)24-13(22)7-4-9(14(16)23)17-10(19)8-18-11(20)5-6-12(18)21/h5-6,9H,4,7-8H2,1-3H3,(H2,16,23)(H,17,19)/t9-/m0/s1. The van der Waals surface area contributed by atoms with Gasteiger partial charge in [-0.25, -0.2) is 0 Å². The second-order valence-corrected chi connectivity index (χ2v) is 6.24. The molecule has 1 heterocycles. The van der Waals surface area contributed by atoms with Crippen LogP contribution in [0, 0.1) is 0 Å². The summed E-state index contributed by atoms with van der Waals surface area (Å²) >= 11 is 0. The SMILES string of the molecule is CC(C)(C)OC(=O)CC[C@H](NC(=O)CN1C(=O)C=CC1=O)C(N)=O. The van der Waals surface area contributed by atoms with Crippen molar-refractivity contribution in [2.24, 2.45) is 5.73 Å². The van der Waals surface area contributed by atoms with Gasteiger partial charge in [-0.1, -0.05) is 0 Å². The van der Waals surface area contributed by atoms with Crippen molar-refractivity contribution in [2.45, 2.75) is 45.3 Å². The second kappa shape index (κ2) is 7.71. The molecule has 1 aliphatic rings. The molecule has 0 aromatic heterocycles. The molecule has 0 radical (unpaired) electrons. The van der Waals surface area contributed by atoms with Crippen molar-refractivity contribution in [1.82, 2.24) is 10.2 Å². The van der Waals surface area contributed by atoms with Gasteiger partial charge in [-0.05, 0) is 27.2 Å². The Hall–Kier alpha value is -2.71. The van der Waals surface area contributed by atoms with Crippen molar-refractivity contribution in [1.29, 1.82) is 0 Å². The van der Waals surface area contributed by atoms with Gasteiger partial charge in [0.25, 0.3) is 11.8 Å². The maximum Gasteiger partial charge on any atom is 0.306 e. The van der Waals surface area contributed by atoms with Gasteiger partial charge in [0.15, 0.2) is 0 Å². The molecule has 9 nitrogen and oxygen atoms in total. The van der Waals surface area contributed by atoms with Gasteiger partial charge in [-0.15, -0.1) is 0 Å². The highest BCUT2D eigenvalue weighted by molar-refractivity contribution is 6.14. The first-order valence-electron chi connectivity index (χ1n) is 7.33. The molecule has 0 spiro atoms. The molecule has 0 unspecified atom stereocenters. The predicted octanol–water partition coefficient (Wildman–Crippen LogP) is -0.997. The minimum absolute atomic E-state index is 0.0455. The maximum absolute atomic E-state index is 11.9. The number of primary amides is 1. The number of nitrogens with two attached hydrogens (primary N) is 1. The molecule has 9 heteroatoms. The molecule has 0 aromatic rings. The van der Waals surface area contributed by atoms with Crippen LogP contribution in [0.15, 0.2) is 12.2 Å². The largest absolute Gasteiger partial charge is 0.460 e. The van der Waals surface area contributed by atoms with Crippen LogP contribution in [-0.4, -0.2) is 52.7 Å². The van der Waals surface area contributed by atoms with Gasteiger partial charge in [0, 0.05) is 18.6 Å². The summed E-state index contributed by atoms with van der Waals surface area (Å²) in [5.74, 6) is -3.31. The summed E-state index contributed by atoms with van der Waals surface area (Å²) in [6, 6.07) is -1.11. The molecule has 1 atom stereocenters. The molecule has 24 heavy (non-hydrogen) atoms. The van der Waals surface area contributed by atoms with Crippen LogP contribution in [0.1, 0.15) is 33.6 Å². The van der Waals surface area contributed by atoms with Crippen LogP contribution in [0.3, 0.4) is 0 Å². The number of ether oxygens (including phenoxy) is 1. The first-order chi connectivity index (χ1) is 11.0. The fourth-order valence-corrected chi connectivity index (χ4v) is 1.91. The van der Waals surface area contributed by atoms with E-state index in [4.69, 9.17) is 10.5 Å². The summed E-state index contributed by atoms with van der Waals surface area (Å²) in [6.07, 6.45) is 1.93. The predicted molar refractivity (Wildman–Crippen MR) is 82.1 cm³/mol. The van der Waals surface area contributed by atoms with E-state index in [1.807, 2.05) is 0 Å². The highest BCUT2D eigenvalue weighted by atomic mass is 16.6. The number of nitrogens with one attached hydrogen (secondary N) is 1. The molecule has 0 saturated carbocycles. The second-order valence-electron chi connectivity index (χ2n) is 6.24. The van der Waals surface area contributed by atoms with E-state index in [9.17, 15) is 24.0 Å². The Morgan fingerprint density at radius 1 is 1.21 bits per heavy atom. The Balaban J connectivity index is 2.52. The number of esters is 1. The molecule has 1 rings (SSSR count). The molecule has 0 aliphatic carbocycles. The third-order valence-corrected chi connectivity index (χ3v) is 2.94. The topological polar surface area (TPSA) is 136 Å². The van der Waals surface area contributed by atoms with Crippen LogP contribution in [0.2, 0.25) is 0 Å². The Kier molecular flexibility index (Phi) is 6.21. The van der Waals surface area contributed by atoms with Crippen molar-refractivity contribution < 1.29 is 28.7 Å². The van der Waals surface area contributed by atoms with Crippen LogP contribution in [0.5, 0.6) is 0 Å². The van der Waals surface area contributed by atoms with Crippen LogP contribution < -0.4 is 11.1 Å². The lowest BCUT2D eigenvalue weighted by Crippen LogP contribution is -2.49. The summed E-state index contributed by atoms with van der Waals surface area (Å²) in [5, 5.41) is 2.31. The quantitative estimate of drug-likeness (QED) is 0.451. The normalized spacial score (nSPS) is 15.4. The summed E-state index contributed by atoms with van der Waals surface area (Å²) in [5.41, 5.74) is 4.53. The molecule has 4 amide bonds. The minimum Gasteiger partial charge on any atom is -0.460 e. The van der Waals surface area contributed by atoms with Gasteiger partial charge in [0.1, 0.15) is 18.2 Å². The van der Waals surface area contributed by atoms with E-state index < -0.39 is 47.8 Å². The number of carbonyl (C=O) groups is 5. The molecular weight excluding hydrogens is 318 g/mol. The van der Waals surface area contributed by atoms with E-state index in [-0.39, 0.29) is 12.8 Å². The molecule has 1 aliphatic heterocycles.